The molecule has 1 atom stereocenters. The predicted molar refractivity (Wildman–Crippen MR) is 93.1 cm³/mol. The van der Waals surface area contributed by atoms with Crippen LogP contribution >= 0.6 is 31.9 Å². The second-order valence-corrected chi connectivity index (χ2v) is 6.83. The quantitative estimate of drug-likeness (QED) is 0.656. The largest absolute Gasteiger partial charge is 0.306 e. The zero-order chi connectivity index (χ0) is 15.4. The molecule has 0 saturated heterocycles. The highest BCUT2D eigenvalue weighted by Crippen LogP contribution is 2.31. The van der Waals surface area contributed by atoms with E-state index in [9.17, 15) is 4.39 Å². The molecule has 0 aliphatic rings. The molecular weight excluding hydrogens is 397 g/mol. The summed E-state index contributed by atoms with van der Waals surface area (Å²) in [6.45, 7) is 4.78. The van der Waals surface area contributed by atoms with Crippen LogP contribution < -0.4 is 5.32 Å². The smallest absolute Gasteiger partial charge is 0.126 e. The summed E-state index contributed by atoms with van der Waals surface area (Å²) in [6, 6.07) is 11.5. The second kappa shape index (κ2) is 7.52. The molecule has 2 rings (SSSR count). The van der Waals surface area contributed by atoms with Crippen molar-refractivity contribution in [3.05, 3.63) is 67.9 Å². The van der Waals surface area contributed by atoms with Gasteiger partial charge in [-0.3, -0.25) is 0 Å². The van der Waals surface area contributed by atoms with Crippen molar-refractivity contribution in [3.8, 4) is 0 Å². The zero-order valence-electron chi connectivity index (χ0n) is 12.1. The Morgan fingerprint density at radius 3 is 2.52 bits per heavy atom. The second-order valence-electron chi connectivity index (χ2n) is 5.06. The van der Waals surface area contributed by atoms with E-state index < -0.39 is 0 Å². The van der Waals surface area contributed by atoms with Gasteiger partial charge < -0.3 is 5.32 Å². The summed E-state index contributed by atoms with van der Waals surface area (Å²) < 4.78 is 15.9. The van der Waals surface area contributed by atoms with E-state index in [0.29, 0.717) is 5.56 Å². The van der Waals surface area contributed by atoms with Gasteiger partial charge >= 0.3 is 0 Å². The van der Waals surface area contributed by atoms with Crippen LogP contribution in [0, 0.1) is 12.7 Å². The minimum atomic E-state index is -0.163. The summed E-state index contributed by atoms with van der Waals surface area (Å²) in [4.78, 5) is 0. The van der Waals surface area contributed by atoms with E-state index in [1.54, 1.807) is 13.0 Å². The Bertz CT molecular complexity index is 628. The van der Waals surface area contributed by atoms with Crippen molar-refractivity contribution >= 4 is 31.9 Å². The molecule has 21 heavy (non-hydrogen) atoms. The third-order valence-electron chi connectivity index (χ3n) is 3.40. The van der Waals surface area contributed by atoms with E-state index in [0.717, 1.165) is 33.0 Å². The predicted octanol–water partition coefficient (Wildman–Crippen LogP) is 5.75. The molecule has 112 valence electrons. The Morgan fingerprint density at radius 1 is 1.14 bits per heavy atom. The summed E-state index contributed by atoms with van der Waals surface area (Å²) in [5.41, 5.74) is 2.72. The SMILES string of the molecule is CCCNC(c1ccc(C)c(F)c1)c1ccc(Br)cc1Br. The standard InChI is InChI=1S/C17H18Br2FN/c1-3-8-21-17(12-5-4-11(2)16(20)9-12)14-7-6-13(18)10-15(14)19/h4-7,9-10,17,21H,3,8H2,1-2H3. The molecule has 1 N–H and O–H groups in total. The number of halogens is 3. The molecule has 0 amide bonds. The fraction of sp³-hybridized carbons (Fsp3) is 0.294. The van der Waals surface area contributed by atoms with Crippen LogP contribution in [0.2, 0.25) is 0 Å². The van der Waals surface area contributed by atoms with Gasteiger partial charge in [-0.05, 0) is 54.8 Å². The normalized spacial score (nSPS) is 12.4. The lowest BCUT2D eigenvalue weighted by atomic mass is 9.97. The van der Waals surface area contributed by atoms with Crippen LogP contribution in [0.1, 0.15) is 36.1 Å². The van der Waals surface area contributed by atoms with Gasteiger partial charge in [-0.2, -0.15) is 0 Å². The van der Waals surface area contributed by atoms with E-state index in [-0.39, 0.29) is 11.9 Å². The summed E-state index contributed by atoms with van der Waals surface area (Å²) in [5, 5.41) is 3.50. The maximum atomic E-state index is 13.9. The molecular formula is C17H18Br2FN. The van der Waals surface area contributed by atoms with Crippen molar-refractivity contribution in [2.75, 3.05) is 6.54 Å². The van der Waals surface area contributed by atoms with Gasteiger partial charge in [0.05, 0.1) is 6.04 Å². The van der Waals surface area contributed by atoms with Crippen molar-refractivity contribution in [1.29, 1.82) is 0 Å². The molecule has 0 heterocycles. The van der Waals surface area contributed by atoms with Gasteiger partial charge in [0.1, 0.15) is 5.82 Å². The Kier molecular flexibility index (Phi) is 5.97. The Labute approximate surface area is 142 Å². The Balaban J connectivity index is 2.44. The van der Waals surface area contributed by atoms with Gasteiger partial charge in [-0.1, -0.05) is 57.0 Å². The molecule has 1 nitrogen and oxygen atoms in total. The Morgan fingerprint density at radius 2 is 1.90 bits per heavy atom. The van der Waals surface area contributed by atoms with Crippen LogP contribution in [-0.2, 0) is 0 Å². The minimum Gasteiger partial charge on any atom is -0.306 e. The minimum absolute atomic E-state index is 0.0254. The highest BCUT2D eigenvalue weighted by molar-refractivity contribution is 9.11. The highest BCUT2D eigenvalue weighted by Gasteiger charge is 2.17. The van der Waals surface area contributed by atoms with Gasteiger partial charge in [0.15, 0.2) is 0 Å². The van der Waals surface area contributed by atoms with Crippen LogP contribution in [0.25, 0.3) is 0 Å². The van der Waals surface area contributed by atoms with Gasteiger partial charge in [-0.15, -0.1) is 0 Å². The first-order valence-electron chi connectivity index (χ1n) is 6.97. The molecule has 1 unspecified atom stereocenters. The lowest BCUT2D eigenvalue weighted by Gasteiger charge is -2.21. The topological polar surface area (TPSA) is 12.0 Å². The zero-order valence-corrected chi connectivity index (χ0v) is 15.3. The first-order valence-corrected chi connectivity index (χ1v) is 8.56. The molecule has 0 spiro atoms. The molecule has 0 bridgehead atoms. The maximum absolute atomic E-state index is 13.9. The number of benzene rings is 2. The van der Waals surface area contributed by atoms with Crippen LogP contribution in [0.15, 0.2) is 45.3 Å². The number of nitrogens with one attached hydrogen (secondary N) is 1. The molecule has 0 radical (unpaired) electrons. The lowest BCUT2D eigenvalue weighted by Crippen LogP contribution is -2.23. The monoisotopic (exact) mass is 413 g/mol. The van der Waals surface area contributed by atoms with E-state index in [4.69, 9.17) is 0 Å². The van der Waals surface area contributed by atoms with E-state index in [1.165, 1.54) is 0 Å². The molecule has 0 saturated carbocycles. The first kappa shape index (κ1) is 16.7. The van der Waals surface area contributed by atoms with Crippen LogP contribution in [-0.4, -0.2) is 6.54 Å². The maximum Gasteiger partial charge on any atom is 0.126 e. The number of rotatable bonds is 5. The fourth-order valence-electron chi connectivity index (χ4n) is 2.22. The van der Waals surface area contributed by atoms with Gasteiger partial charge in [0.2, 0.25) is 0 Å². The van der Waals surface area contributed by atoms with Gasteiger partial charge in [0.25, 0.3) is 0 Å². The number of aryl methyl sites for hydroxylation is 1. The van der Waals surface area contributed by atoms with Crippen molar-refractivity contribution in [3.63, 3.8) is 0 Å². The molecule has 2 aromatic carbocycles. The Hall–Kier alpha value is -0.710. The van der Waals surface area contributed by atoms with Crippen LogP contribution in [0.4, 0.5) is 4.39 Å². The number of hydrogen-bond donors (Lipinski definition) is 1. The molecule has 0 aliphatic carbocycles. The molecule has 0 aliphatic heterocycles. The van der Waals surface area contributed by atoms with Crippen molar-refractivity contribution in [2.24, 2.45) is 0 Å². The molecule has 2 aromatic rings. The van der Waals surface area contributed by atoms with Crippen molar-refractivity contribution < 1.29 is 4.39 Å². The van der Waals surface area contributed by atoms with E-state index in [2.05, 4.69) is 50.2 Å². The average molecular weight is 415 g/mol. The summed E-state index contributed by atoms with van der Waals surface area (Å²) >= 11 is 7.07. The molecule has 0 fully saturated rings. The van der Waals surface area contributed by atoms with Gasteiger partial charge in [-0.25, -0.2) is 4.39 Å². The fourth-order valence-corrected chi connectivity index (χ4v) is 3.50. The molecule has 4 heteroatoms. The average Bonchev–Trinajstić information content (AvgIpc) is 2.44. The van der Waals surface area contributed by atoms with E-state index >= 15 is 0 Å². The van der Waals surface area contributed by atoms with Gasteiger partial charge in [0, 0.05) is 8.95 Å². The van der Waals surface area contributed by atoms with Crippen LogP contribution in [0.3, 0.4) is 0 Å². The molecule has 0 aromatic heterocycles. The van der Waals surface area contributed by atoms with Crippen molar-refractivity contribution in [2.45, 2.75) is 26.3 Å². The third kappa shape index (κ3) is 4.15. The lowest BCUT2D eigenvalue weighted by molar-refractivity contribution is 0.581. The first-order chi connectivity index (χ1) is 10.0. The van der Waals surface area contributed by atoms with E-state index in [1.807, 2.05) is 24.3 Å². The summed E-state index contributed by atoms with van der Waals surface area (Å²) in [6.07, 6.45) is 1.03. The van der Waals surface area contributed by atoms with Crippen molar-refractivity contribution in [1.82, 2.24) is 5.32 Å². The number of hydrogen-bond acceptors (Lipinski definition) is 1. The summed E-state index contributed by atoms with van der Waals surface area (Å²) in [7, 11) is 0. The third-order valence-corrected chi connectivity index (χ3v) is 4.58. The highest BCUT2D eigenvalue weighted by atomic mass is 79.9. The summed E-state index contributed by atoms with van der Waals surface area (Å²) in [5.74, 6) is -0.163. The van der Waals surface area contributed by atoms with Crippen LogP contribution in [0.5, 0.6) is 0 Å².